The van der Waals surface area contributed by atoms with Gasteiger partial charge in [-0.2, -0.15) is 54.1 Å². The van der Waals surface area contributed by atoms with E-state index in [9.17, 15) is 57.0 Å². The first kappa shape index (κ1) is 54.2. The number of rotatable bonds is 10. The molecular formula is C33H24N6Na4O13S4. The molecule has 0 spiro atoms. The standard InChI is InChI=1S/C33H24N6O13S4.4Na/c1-18-12-20(35-34-19-2-5-22(40)6-3-19)4-9-29(18)37-39-30-10-11-31(26-15-23(53(41,42)43)7-8-25(26)30)38-36-21-13-27-28(32(14-21)55(47,48)49)16-24(54(44,45)46)17-33(27)56(50,51)52;;;;/h2-17,40H,1H3,(H,41,42,43)(H,44,45,46)(H,47,48,49)(H,50,51,52);;;;. The van der Waals surface area contributed by atoms with Crippen LogP contribution in [0, 0.1) is 6.92 Å². The van der Waals surface area contributed by atoms with Crippen molar-refractivity contribution in [3.05, 3.63) is 103 Å². The molecule has 0 unspecified atom stereocenters. The topological polar surface area (TPSA) is 312 Å². The zero-order chi connectivity index (χ0) is 40.8. The first-order chi connectivity index (χ1) is 26.1. The van der Waals surface area contributed by atoms with Crippen LogP contribution in [0.1, 0.15) is 5.56 Å². The molecule has 4 radical (unpaired) electrons. The molecule has 0 amide bonds. The van der Waals surface area contributed by atoms with E-state index < -0.39 is 76.5 Å². The Hall–Kier alpha value is -1.92. The quantitative estimate of drug-likeness (QED) is 0.0542. The maximum Gasteiger partial charge on any atom is 0.295 e. The van der Waals surface area contributed by atoms with Crippen molar-refractivity contribution in [3.63, 3.8) is 0 Å². The SMILES string of the molecule is Cc1cc(N=Nc2ccc(O)cc2)ccc1N=Nc1ccc(N=Nc2cc(S(=O)(=O)O)c3cc(S(=O)(=O)O)cc(S(=O)(=O)O)c3c2)c2cc(S(=O)(=O)O)ccc12.[Na].[Na].[Na].[Na]. The van der Waals surface area contributed by atoms with Gasteiger partial charge in [-0.3, -0.25) is 18.2 Å². The molecule has 0 saturated heterocycles. The Morgan fingerprint density at radius 2 is 0.833 bits per heavy atom. The summed E-state index contributed by atoms with van der Waals surface area (Å²) in [4.78, 5) is -3.89. The van der Waals surface area contributed by atoms with E-state index in [1.165, 1.54) is 30.3 Å². The summed E-state index contributed by atoms with van der Waals surface area (Å²) in [6, 6.07) is 19.8. The zero-order valence-electron chi connectivity index (χ0n) is 32.1. The van der Waals surface area contributed by atoms with Gasteiger partial charge in [-0.25, -0.2) is 0 Å². The van der Waals surface area contributed by atoms with Gasteiger partial charge in [0.15, 0.2) is 0 Å². The Bertz CT molecular complexity index is 3180. The molecule has 0 aliphatic rings. The fraction of sp³-hybridized carbons (Fsp3) is 0.0303. The van der Waals surface area contributed by atoms with Gasteiger partial charge in [-0.15, -0.1) is 10.2 Å². The molecule has 0 heterocycles. The Kier molecular flexibility index (Phi) is 19.1. The molecule has 0 saturated carbocycles. The van der Waals surface area contributed by atoms with Crippen molar-refractivity contribution in [1.82, 2.24) is 0 Å². The Labute approximate surface area is 431 Å². The fourth-order valence-corrected chi connectivity index (χ4v) is 7.84. The molecule has 6 aromatic carbocycles. The average molecular weight is 933 g/mol. The van der Waals surface area contributed by atoms with Crippen LogP contribution in [0.15, 0.2) is 147 Å². The van der Waals surface area contributed by atoms with E-state index in [4.69, 9.17) is 0 Å². The van der Waals surface area contributed by atoms with E-state index in [0.717, 1.165) is 18.2 Å². The maximum atomic E-state index is 12.4. The minimum atomic E-state index is -5.30. The second-order valence-corrected chi connectivity index (χ2v) is 17.4. The van der Waals surface area contributed by atoms with Crippen molar-refractivity contribution >= 4 is 214 Å². The third-order valence-corrected chi connectivity index (χ3v) is 11.4. The molecule has 0 aliphatic carbocycles. The first-order valence-corrected chi connectivity index (χ1v) is 21.1. The molecule has 0 aliphatic heterocycles. The third-order valence-electron chi connectivity index (χ3n) is 7.90. The van der Waals surface area contributed by atoms with Crippen molar-refractivity contribution in [2.45, 2.75) is 26.5 Å². The minimum absolute atomic E-state index is 0. The van der Waals surface area contributed by atoms with E-state index in [1.807, 2.05) is 0 Å². The van der Waals surface area contributed by atoms with Gasteiger partial charge in [0, 0.05) is 140 Å². The number of phenols is 1. The molecule has 0 fully saturated rings. The van der Waals surface area contributed by atoms with Crippen LogP contribution in [0.3, 0.4) is 0 Å². The first-order valence-electron chi connectivity index (χ1n) is 15.3. The van der Waals surface area contributed by atoms with Crippen LogP contribution in [0.2, 0.25) is 0 Å². The molecule has 0 aromatic heterocycles. The number of aromatic hydroxyl groups is 1. The van der Waals surface area contributed by atoms with Crippen molar-refractivity contribution in [3.8, 4) is 5.75 Å². The summed E-state index contributed by atoms with van der Waals surface area (Å²) in [5.74, 6) is 0.0835. The van der Waals surface area contributed by atoms with Crippen molar-refractivity contribution in [2.75, 3.05) is 0 Å². The number of fused-ring (bicyclic) bond motifs is 2. The van der Waals surface area contributed by atoms with Crippen LogP contribution in [-0.4, -0.2) is 175 Å². The molecule has 6 aromatic rings. The number of azo groups is 3. The number of aryl methyl sites for hydroxylation is 1. The van der Waals surface area contributed by atoms with Gasteiger partial charge < -0.3 is 5.11 Å². The number of hydrogen-bond donors (Lipinski definition) is 5. The molecule has 0 bridgehead atoms. The molecule has 6 rings (SSSR count). The summed E-state index contributed by atoms with van der Waals surface area (Å²) in [5, 5.41) is 33.2. The predicted molar refractivity (Wildman–Crippen MR) is 222 cm³/mol. The van der Waals surface area contributed by atoms with E-state index in [1.54, 1.807) is 37.3 Å². The van der Waals surface area contributed by atoms with Gasteiger partial charge in [-0.05, 0) is 103 Å². The Balaban J connectivity index is 0.00000310. The molecule has 5 N–H and O–H groups in total. The average Bonchev–Trinajstić information content (AvgIpc) is 3.11. The van der Waals surface area contributed by atoms with Crippen LogP contribution in [0.5, 0.6) is 5.75 Å². The van der Waals surface area contributed by atoms with Gasteiger partial charge in [0.2, 0.25) is 0 Å². The Morgan fingerprint density at radius 1 is 0.383 bits per heavy atom. The fourth-order valence-electron chi connectivity index (χ4n) is 5.29. The second kappa shape index (κ2) is 21.2. The summed E-state index contributed by atoms with van der Waals surface area (Å²) in [7, 11) is -20.5. The molecular weight excluding hydrogens is 909 g/mol. The van der Waals surface area contributed by atoms with E-state index in [2.05, 4.69) is 30.7 Å². The smallest absolute Gasteiger partial charge is 0.295 e. The van der Waals surface area contributed by atoms with Gasteiger partial charge in [-0.1, -0.05) is 6.07 Å². The van der Waals surface area contributed by atoms with Gasteiger partial charge in [0.25, 0.3) is 40.5 Å². The number of phenolic OH excluding ortho intramolecular Hbond substituents is 1. The Morgan fingerprint density at radius 3 is 1.40 bits per heavy atom. The maximum absolute atomic E-state index is 12.4. The van der Waals surface area contributed by atoms with Gasteiger partial charge in [0.1, 0.15) is 15.5 Å². The van der Waals surface area contributed by atoms with Crippen LogP contribution >= 0.6 is 0 Å². The van der Waals surface area contributed by atoms with Gasteiger partial charge >= 0.3 is 0 Å². The number of nitrogens with zero attached hydrogens (tertiary/aromatic N) is 6. The molecule has 292 valence electrons. The van der Waals surface area contributed by atoms with E-state index in [0.29, 0.717) is 40.8 Å². The second-order valence-electron chi connectivity index (χ2n) is 11.8. The monoisotopic (exact) mass is 932 g/mol. The van der Waals surface area contributed by atoms with Crippen molar-refractivity contribution in [2.24, 2.45) is 30.7 Å². The third kappa shape index (κ3) is 13.1. The summed E-state index contributed by atoms with van der Waals surface area (Å²) in [6.45, 7) is 1.75. The zero-order valence-corrected chi connectivity index (χ0v) is 43.3. The predicted octanol–water partition coefficient (Wildman–Crippen LogP) is 6.72. The summed E-state index contributed by atoms with van der Waals surface area (Å²) in [6.07, 6.45) is 0. The largest absolute Gasteiger partial charge is 0.508 e. The minimum Gasteiger partial charge on any atom is -0.508 e. The normalized spacial score (nSPS) is 12.3. The van der Waals surface area contributed by atoms with E-state index >= 15 is 0 Å². The molecule has 60 heavy (non-hydrogen) atoms. The van der Waals surface area contributed by atoms with Crippen molar-refractivity contribution < 1.29 is 57.0 Å². The molecule has 27 heteroatoms. The van der Waals surface area contributed by atoms with Crippen LogP contribution in [-0.2, 0) is 40.5 Å². The molecule has 19 nitrogen and oxygen atoms in total. The number of benzene rings is 6. The summed E-state index contributed by atoms with van der Waals surface area (Å²) < 4.78 is 136. The van der Waals surface area contributed by atoms with Gasteiger partial charge in [0.05, 0.1) is 43.9 Å². The summed E-state index contributed by atoms with van der Waals surface area (Å²) in [5.41, 5.74) is 1.75. The number of hydrogen-bond acceptors (Lipinski definition) is 15. The van der Waals surface area contributed by atoms with Crippen LogP contribution in [0.25, 0.3) is 21.5 Å². The van der Waals surface area contributed by atoms with Crippen LogP contribution < -0.4 is 0 Å². The van der Waals surface area contributed by atoms with Crippen LogP contribution in [0.4, 0.5) is 34.1 Å². The van der Waals surface area contributed by atoms with E-state index in [-0.39, 0.29) is 146 Å². The molecule has 0 atom stereocenters. The summed E-state index contributed by atoms with van der Waals surface area (Å²) >= 11 is 0. The van der Waals surface area contributed by atoms with Crippen molar-refractivity contribution in [1.29, 1.82) is 0 Å².